The minimum Gasteiger partial charge on any atom is -0.455 e. The second kappa shape index (κ2) is 7.65. The molecule has 0 aliphatic carbocycles. The molecule has 7 heteroatoms. The molecule has 1 aromatic rings. The molecule has 25 heavy (non-hydrogen) atoms. The van der Waals surface area contributed by atoms with Gasteiger partial charge in [0.1, 0.15) is 0 Å². The number of anilines is 1. The Morgan fingerprint density at radius 2 is 1.88 bits per heavy atom. The molecule has 2 aliphatic heterocycles. The molecular weight excluding hydrogens is 324 g/mol. The SMILES string of the molecule is Cc1ccc(N2C[C@H](C(=O)OCC(=O)N3CCOCC3)CC2=O)cc1. The molecule has 2 amide bonds. The maximum absolute atomic E-state index is 12.2. The average molecular weight is 346 g/mol. The van der Waals surface area contributed by atoms with Crippen molar-refractivity contribution in [3.8, 4) is 0 Å². The average Bonchev–Trinajstić information content (AvgIpc) is 3.02. The Kier molecular flexibility index (Phi) is 5.33. The van der Waals surface area contributed by atoms with E-state index < -0.39 is 11.9 Å². The molecule has 0 unspecified atom stereocenters. The first kappa shape index (κ1) is 17.4. The van der Waals surface area contributed by atoms with Crippen LogP contribution in [0.4, 0.5) is 5.69 Å². The highest BCUT2D eigenvalue weighted by Crippen LogP contribution is 2.26. The minimum atomic E-state index is -0.536. The second-order valence-corrected chi connectivity index (χ2v) is 6.34. The van der Waals surface area contributed by atoms with Gasteiger partial charge in [-0.05, 0) is 19.1 Å². The fraction of sp³-hybridized carbons (Fsp3) is 0.500. The molecule has 0 radical (unpaired) electrons. The standard InChI is InChI=1S/C18H22N2O5/c1-13-2-4-15(5-3-13)20-11-14(10-16(20)21)18(23)25-12-17(22)19-6-8-24-9-7-19/h2-5,14H,6-12H2,1H3/t14-/m1/s1. The van der Waals surface area contributed by atoms with E-state index in [1.807, 2.05) is 31.2 Å². The van der Waals surface area contributed by atoms with Gasteiger partial charge in [-0.2, -0.15) is 0 Å². The Morgan fingerprint density at radius 1 is 1.20 bits per heavy atom. The third-order valence-corrected chi connectivity index (χ3v) is 4.51. The predicted octanol–water partition coefficient (Wildman–Crippen LogP) is 0.750. The summed E-state index contributed by atoms with van der Waals surface area (Å²) in [4.78, 5) is 39.6. The lowest BCUT2D eigenvalue weighted by molar-refractivity contribution is -0.156. The van der Waals surface area contributed by atoms with E-state index in [1.54, 1.807) is 9.80 Å². The number of ether oxygens (including phenoxy) is 2. The van der Waals surface area contributed by atoms with Crippen LogP contribution in [-0.2, 0) is 23.9 Å². The first-order valence-electron chi connectivity index (χ1n) is 8.44. The monoisotopic (exact) mass is 346 g/mol. The number of benzene rings is 1. The van der Waals surface area contributed by atoms with Gasteiger partial charge in [0.25, 0.3) is 5.91 Å². The summed E-state index contributed by atoms with van der Waals surface area (Å²) in [5, 5.41) is 0. The zero-order valence-corrected chi connectivity index (χ0v) is 14.3. The Morgan fingerprint density at radius 3 is 2.56 bits per heavy atom. The highest BCUT2D eigenvalue weighted by atomic mass is 16.5. The number of rotatable bonds is 4. The molecule has 1 atom stereocenters. The van der Waals surface area contributed by atoms with Gasteiger partial charge in [-0.25, -0.2) is 0 Å². The van der Waals surface area contributed by atoms with E-state index in [0.717, 1.165) is 11.3 Å². The van der Waals surface area contributed by atoms with Crippen molar-refractivity contribution in [3.05, 3.63) is 29.8 Å². The van der Waals surface area contributed by atoms with Crippen LogP contribution in [0.2, 0.25) is 0 Å². The summed E-state index contributed by atoms with van der Waals surface area (Å²) in [5.74, 6) is -1.36. The molecule has 134 valence electrons. The van der Waals surface area contributed by atoms with Crippen molar-refractivity contribution >= 4 is 23.5 Å². The molecule has 3 rings (SSSR count). The first-order valence-corrected chi connectivity index (χ1v) is 8.44. The Balaban J connectivity index is 1.52. The summed E-state index contributed by atoms with van der Waals surface area (Å²) in [6.07, 6.45) is 0.110. The van der Waals surface area contributed by atoms with Crippen molar-refractivity contribution in [3.63, 3.8) is 0 Å². The lowest BCUT2D eigenvalue weighted by Crippen LogP contribution is -2.43. The van der Waals surface area contributed by atoms with Gasteiger partial charge in [-0.15, -0.1) is 0 Å². The van der Waals surface area contributed by atoms with E-state index >= 15 is 0 Å². The van der Waals surface area contributed by atoms with E-state index in [2.05, 4.69) is 0 Å². The number of amides is 2. The largest absolute Gasteiger partial charge is 0.455 e. The van der Waals surface area contributed by atoms with E-state index in [0.29, 0.717) is 26.3 Å². The van der Waals surface area contributed by atoms with Gasteiger partial charge in [-0.3, -0.25) is 14.4 Å². The fourth-order valence-electron chi connectivity index (χ4n) is 2.99. The number of nitrogens with zero attached hydrogens (tertiary/aromatic N) is 2. The van der Waals surface area contributed by atoms with Gasteiger partial charge < -0.3 is 19.3 Å². The number of esters is 1. The molecule has 0 aromatic heterocycles. The van der Waals surface area contributed by atoms with Crippen molar-refractivity contribution in [1.29, 1.82) is 0 Å². The molecular formula is C18H22N2O5. The van der Waals surface area contributed by atoms with E-state index in [1.165, 1.54) is 0 Å². The molecule has 2 fully saturated rings. The molecule has 0 spiro atoms. The topological polar surface area (TPSA) is 76.2 Å². The third kappa shape index (κ3) is 4.17. The normalized spacial score (nSPS) is 20.7. The number of carbonyl (C=O) groups is 3. The van der Waals surface area contributed by atoms with Gasteiger partial charge >= 0.3 is 5.97 Å². The lowest BCUT2D eigenvalue weighted by atomic mass is 10.1. The molecule has 0 saturated carbocycles. The van der Waals surface area contributed by atoms with E-state index in [9.17, 15) is 14.4 Å². The maximum atomic E-state index is 12.2. The van der Waals surface area contributed by atoms with Crippen molar-refractivity contribution in [2.45, 2.75) is 13.3 Å². The van der Waals surface area contributed by atoms with Crippen LogP contribution in [0.3, 0.4) is 0 Å². The van der Waals surface area contributed by atoms with Crippen molar-refractivity contribution in [1.82, 2.24) is 4.90 Å². The van der Waals surface area contributed by atoms with Crippen LogP contribution in [-0.4, -0.2) is 62.1 Å². The molecule has 2 saturated heterocycles. The molecule has 2 aliphatic rings. The Labute approximate surface area is 146 Å². The van der Waals surface area contributed by atoms with Crippen LogP contribution in [0.1, 0.15) is 12.0 Å². The number of hydrogen-bond acceptors (Lipinski definition) is 5. The number of morpholine rings is 1. The maximum Gasteiger partial charge on any atom is 0.311 e. The van der Waals surface area contributed by atoms with E-state index in [-0.39, 0.29) is 31.4 Å². The summed E-state index contributed by atoms with van der Waals surface area (Å²) < 4.78 is 10.3. The van der Waals surface area contributed by atoms with Gasteiger partial charge in [0.2, 0.25) is 5.91 Å². The van der Waals surface area contributed by atoms with Crippen LogP contribution in [0.25, 0.3) is 0 Å². The smallest absolute Gasteiger partial charge is 0.311 e. The van der Waals surface area contributed by atoms with Gasteiger partial charge in [0.15, 0.2) is 6.61 Å². The molecule has 7 nitrogen and oxygen atoms in total. The lowest BCUT2D eigenvalue weighted by Gasteiger charge is -2.26. The summed E-state index contributed by atoms with van der Waals surface area (Å²) in [6, 6.07) is 7.58. The van der Waals surface area contributed by atoms with Gasteiger partial charge in [0, 0.05) is 31.7 Å². The Bertz CT molecular complexity index is 652. The summed E-state index contributed by atoms with van der Waals surface area (Å²) in [7, 11) is 0. The first-order chi connectivity index (χ1) is 12.0. The number of aryl methyl sites for hydroxylation is 1. The zero-order chi connectivity index (χ0) is 17.8. The highest BCUT2D eigenvalue weighted by Gasteiger charge is 2.36. The molecule has 1 aromatic carbocycles. The summed E-state index contributed by atoms with van der Waals surface area (Å²) in [5.41, 5.74) is 1.88. The van der Waals surface area contributed by atoms with Gasteiger partial charge in [-0.1, -0.05) is 17.7 Å². The van der Waals surface area contributed by atoms with Crippen LogP contribution < -0.4 is 4.90 Å². The van der Waals surface area contributed by atoms with Gasteiger partial charge in [0.05, 0.1) is 19.1 Å². The number of hydrogen-bond donors (Lipinski definition) is 0. The third-order valence-electron chi connectivity index (χ3n) is 4.51. The molecule has 0 N–H and O–H groups in total. The zero-order valence-electron chi connectivity index (χ0n) is 14.3. The van der Waals surface area contributed by atoms with Crippen molar-refractivity contribution in [2.24, 2.45) is 5.92 Å². The summed E-state index contributed by atoms with van der Waals surface area (Å²) >= 11 is 0. The van der Waals surface area contributed by atoms with Crippen molar-refractivity contribution in [2.75, 3.05) is 44.4 Å². The minimum absolute atomic E-state index is 0.106. The predicted molar refractivity (Wildman–Crippen MR) is 90.0 cm³/mol. The van der Waals surface area contributed by atoms with E-state index in [4.69, 9.17) is 9.47 Å². The molecule has 2 heterocycles. The van der Waals surface area contributed by atoms with Crippen LogP contribution in [0.15, 0.2) is 24.3 Å². The molecule has 0 bridgehead atoms. The number of carbonyl (C=O) groups excluding carboxylic acids is 3. The van der Waals surface area contributed by atoms with Crippen LogP contribution >= 0.6 is 0 Å². The van der Waals surface area contributed by atoms with Crippen LogP contribution in [0.5, 0.6) is 0 Å². The highest BCUT2D eigenvalue weighted by molar-refractivity contribution is 5.99. The van der Waals surface area contributed by atoms with Crippen LogP contribution in [0, 0.1) is 12.8 Å². The fourth-order valence-corrected chi connectivity index (χ4v) is 2.99. The Hall–Kier alpha value is -2.41. The summed E-state index contributed by atoms with van der Waals surface area (Å²) in [6.45, 7) is 4.01. The van der Waals surface area contributed by atoms with Crippen molar-refractivity contribution < 1.29 is 23.9 Å². The second-order valence-electron chi connectivity index (χ2n) is 6.34. The quantitative estimate of drug-likeness (QED) is 0.752.